The van der Waals surface area contributed by atoms with Crippen LogP contribution >= 0.6 is 0 Å². The summed E-state index contributed by atoms with van der Waals surface area (Å²) >= 11 is 0. The van der Waals surface area contributed by atoms with Gasteiger partial charge in [0, 0.05) is 25.3 Å². The first-order chi connectivity index (χ1) is 19.1. The zero-order chi connectivity index (χ0) is 29.0. The van der Waals surface area contributed by atoms with Gasteiger partial charge in [0.2, 0.25) is 11.8 Å². The van der Waals surface area contributed by atoms with Crippen LogP contribution in [0.5, 0.6) is 0 Å². The molecule has 2 saturated heterocycles. The second kappa shape index (κ2) is 10.5. The number of rotatable bonds is 7. The van der Waals surface area contributed by atoms with Crippen LogP contribution in [0.3, 0.4) is 0 Å². The number of aryl methyl sites for hydroxylation is 2. The summed E-state index contributed by atoms with van der Waals surface area (Å²) in [4.78, 5) is 48.7. The van der Waals surface area contributed by atoms with E-state index in [-0.39, 0.29) is 30.2 Å². The molecule has 0 saturated carbocycles. The molecule has 5 rings (SSSR count). The van der Waals surface area contributed by atoms with Crippen LogP contribution in [0, 0.1) is 31.6 Å². The summed E-state index contributed by atoms with van der Waals surface area (Å²) in [6, 6.07) is 4.39. The van der Waals surface area contributed by atoms with Crippen molar-refractivity contribution >= 4 is 23.4 Å². The maximum Gasteiger partial charge on any atom is 0.253 e. The Kier molecular flexibility index (Phi) is 7.46. The van der Waals surface area contributed by atoms with Gasteiger partial charge in [-0.25, -0.2) is 0 Å². The minimum absolute atomic E-state index is 0.105. The number of benzene rings is 1. The van der Waals surface area contributed by atoms with Crippen LogP contribution in [0.4, 0.5) is 5.69 Å². The number of carbonyl (C=O) groups is 3. The van der Waals surface area contributed by atoms with E-state index in [9.17, 15) is 19.5 Å². The highest BCUT2D eigenvalue weighted by atomic mass is 16.5. The van der Waals surface area contributed by atoms with Crippen molar-refractivity contribution in [2.75, 3.05) is 31.1 Å². The molecule has 2 fully saturated rings. The number of hydrogen-bond donors (Lipinski definition) is 1. The number of anilines is 1. The zero-order valence-electron chi connectivity index (χ0n) is 24.6. The normalized spacial score (nSPS) is 32.4. The highest BCUT2D eigenvalue weighted by Gasteiger charge is 2.76. The SMILES string of the molecule is CCCN1CC=C[C@@]2(CC)O[C@]34C=CCN(c5cc(C)ccc5C)C(=O)C3N([C@@H](CO)C(C)C)C(=O)[C@@H]4[C@H]2C1=O. The third-order valence-corrected chi connectivity index (χ3v) is 9.42. The van der Waals surface area contributed by atoms with Crippen molar-refractivity contribution in [3.8, 4) is 0 Å². The van der Waals surface area contributed by atoms with E-state index in [0.717, 1.165) is 23.2 Å². The summed E-state index contributed by atoms with van der Waals surface area (Å²) < 4.78 is 7.05. The number of nitrogens with zero attached hydrogens (tertiary/aromatic N) is 3. The Balaban J connectivity index is 1.72. The summed E-state index contributed by atoms with van der Waals surface area (Å²) in [6.07, 6.45) is 9.03. The molecular weight excluding hydrogens is 506 g/mol. The largest absolute Gasteiger partial charge is 0.394 e. The van der Waals surface area contributed by atoms with E-state index < -0.39 is 35.1 Å². The van der Waals surface area contributed by atoms with Gasteiger partial charge in [0.15, 0.2) is 0 Å². The number of amides is 3. The van der Waals surface area contributed by atoms with E-state index in [1.165, 1.54) is 0 Å². The Bertz CT molecular complexity index is 1260. The monoisotopic (exact) mass is 549 g/mol. The van der Waals surface area contributed by atoms with Crippen LogP contribution in [-0.4, -0.2) is 82.2 Å². The second-order valence-electron chi connectivity index (χ2n) is 12.2. The van der Waals surface area contributed by atoms with E-state index >= 15 is 0 Å². The highest BCUT2D eigenvalue weighted by Crippen LogP contribution is 2.59. The third kappa shape index (κ3) is 4.05. The van der Waals surface area contributed by atoms with Gasteiger partial charge < -0.3 is 24.5 Å². The van der Waals surface area contributed by atoms with Gasteiger partial charge in [-0.1, -0.05) is 64.1 Å². The molecular formula is C32H43N3O5. The van der Waals surface area contributed by atoms with Crippen molar-refractivity contribution < 1.29 is 24.2 Å². The second-order valence-corrected chi connectivity index (χ2v) is 12.2. The van der Waals surface area contributed by atoms with Crippen molar-refractivity contribution in [2.45, 2.75) is 77.7 Å². The van der Waals surface area contributed by atoms with E-state index in [2.05, 4.69) is 0 Å². The lowest BCUT2D eigenvalue weighted by atomic mass is 9.73. The smallest absolute Gasteiger partial charge is 0.253 e. The molecule has 1 aromatic carbocycles. The van der Waals surface area contributed by atoms with Gasteiger partial charge in [0.1, 0.15) is 11.6 Å². The molecule has 4 heterocycles. The summed E-state index contributed by atoms with van der Waals surface area (Å²) in [6.45, 7) is 12.9. The van der Waals surface area contributed by atoms with E-state index in [1.54, 1.807) is 9.80 Å². The highest BCUT2D eigenvalue weighted by molar-refractivity contribution is 6.06. The van der Waals surface area contributed by atoms with Gasteiger partial charge in [0.05, 0.1) is 30.1 Å². The van der Waals surface area contributed by atoms with Crippen LogP contribution in [0.15, 0.2) is 42.5 Å². The lowest BCUT2D eigenvalue weighted by Gasteiger charge is -2.42. The number of aliphatic hydroxyl groups is 1. The zero-order valence-corrected chi connectivity index (χ0v) is 24.6. The van der Waals surface area contributed by atoms with Gasteiger partial charge in [-0.2, -0.15) is 0 Å². The fourth-order valence-corrected chi connectivity index (χ4v) is 7.42. The Hall–Kier alpha value is -2.97. The van der Waals surface area contributed by atoms with E-state index in [1.807, 2.05) is 88.9 Å². The van der Waals surface area contributed by atoms with Gasteiger partial charge in [-0.15, -0.1) is 0 Å². The van der Waals surface area contributed by atoms with Gasteiger partial charge >= 0.3 is 0 Å². The Morgan fingerprint density at radius 1 is 1.00 bits per heavy atom. The fourth-order valence-electron chi connectivity index (χ4n) is 7.42. The number of ether oxygens (including phenoxy) is 1. The molecule has 216 valence electrons. The molecule has 1 unspecified atom stereocenters. The number of hydrogen-bond acceptors (Lipinski definition) is 5. The Labute approximate surface area is 237 Å². The molecule has 1 aromatic rings. The molecule has 40 heavy (non-hydrogen) atoms. The maximum absolute atomic E-state index is 14.8. The van der Waals surface area contributed by atoms with Crippen LogP contribution in [0.2, 0.25) is 0 Å². The minimum Gasteiger partial charge on any atom is -0.394 e. The maximum atomic E-state index is 14.8. The predicted molar refractivity (Wildman–Crippen MR) is 154 cm³/mol. The van der Waals surface area contributed by atoms with Gasteiger partial charge in [0.25, 0.3) is 5.91 Å². The average molecular weight is 550 g/mol. The van der Waals surface area contributed by atoms with Gasteiger partial charge in [-0.05, 0) is 49.8 Å². The molecule has 1 N–H and O–H groups in total. The van der Waals surface area contributed by atoms with Crippen LogP contribution in [0.1, 0.15) is 51.7 Å². The predicted octanol–water partition coefficient (Wildman–Crippen LogP) is 3.39. The summed E-state index contributed by atoms with van der Waals surface area (Å²) in [5, 5.41) is 10.5. The summed E-state index contributed by atoms with van der Waals surface area (Å²) in [5.74, 6) is -2.41. The van der Waals surface area contributed by atoms with Crippen molar-refractivity contribution in [1.82, 2.24) is 9.80 Å². The average Bonchev–Trinajstić information content (AvgIpc) is 3.21. The molecule has 0 bridgehead atoms. The van der Waals surface area contributed by atoms with E-state index in [4.69, 9.17) is 4.74 Å². The molecule has 6 atom stereocenters. The number of carbonyl (C=O) groups excluding carboxylic acids is 3. The summed E-state index contributed by atoms with van der Waals surface area (Å²) in [5.41, 5.74) is 0.429. The minimum atomic E-state index is -1.33. The molecule has 8 nitrogen and oxygen atoms in total. The molecule has 4 aliphatic rings. The molecule has 4 aliphatic heterocycles. The number of aliphatic hydroxyl groups excluding tert-OH is 1. The number of fused-ring (bicyclic) bond motifs is 2. The molecule has 0 radical (unpaired) electrons. The van der Waals surface area contributed by atoms with Gasteiger partial charge in [-0.3, -0.25) is 14.4 Å². The molecule has 3 amide bonds. The molecule has 1 spiro atoms. The Morgan fingerprint density at radius 2 is 1.73 bits per heavy atom. The van der Waals surface area contributed by atoms with Crippen molar-refractivity contribution in [1.29, 1.82) is 0 Å². The van der Waals surface area contributed by atoms with E-state index in [0.29, 0.717) is 26.1 Å². The van der Waals surface area contributed by atoms with Crippen molar-refractivity contribution in [3.63, 3.8) is 0 Å². The fraction of sp³-hybridized carbons (Fsp3) is 0.594. The molecule has 8 heteroatoms. The quantitative estimate of drug-likeness (QED) is 0.527. The van der Waals surface area contributed by atoms with Crippen LogP contribution < -0.4 is 4.90 Å². The van der Waals surface area contributed by atoms with Crippen LogP contribution in [0.25, 0.3) is 0 Å². The van der Waals surface area contributed by atoms with Crippen molar-refractivity contribution in [2.24, 2.45) is 17.8 Å². The topological polar surface area (TPSA) is 90.4 Å². The first kappa shape index (κ1) is 28.6. The molecule has 0 aliphatic carbocycles. The number of likely N-dealkylation sites (tertiary alicyclic amines) is 1. The first-order valence-corrected chi connectivity index (χ1v) is 14.7. The molecule has 0 aromatic heterocycles. The standard InChI is InChI=1S/C32H43N3O5/c1-7-15-33-16-9-13-31(8-2)25(28(33)37)26-29(38)35(24(19-36)20(3)4)27-30(39)34(17-10-14-32(26,27)40-31)23-18-21(5)11-12-22(23)6/h9-14,18,20,24-27,36H,7-8,15-17,19H2,1-6H3/t24-,25-,26-,27?,31+,32-/m0/s1. The third-order valence-electron chi connectivity index (χ3n) is 9.42. The van der Waals surface area contributed by atoms with Crippen molar-refractivity contribution in [3.05, 3.63) is 53.6 Å². The lowest BCUT2D eigenvalue weighted by molar-refractivity contribution is -0.153. The lowest BCUT2D eigenvalue weighted by Crippen LogP contribution is -2.60. The van der Waals surface area contributed by atoms with Crippen LogP contribution in [-0.2, 0) is 19.1 Å². The summed E-state index contributed by atoms with van der Waals surface area (Å²) in [7, 11) is 0. The Morgan fingerprint density at radius 3 is 2.38 bits per heavy atom. The first-order valence-electron chi connectivity index (χ1n) is 14.7.